The van der Waals surface area contributed by atoms with Gasteiger partial charge in [-0.1, -0.05) is 30.6 Å². The summed E-state index contributed by atoms with van der Waals surface area (Å²) in [5, 5.41) is 21.0. The molecule has 0 aromatic carbocycles. The van der Waals surface area contributed by atoms with Crippen molar-refractivity contribution in [2.45, 2.75) is 38.0 Å². The van der Waals surface area contributed by atoms with Crippen LogP contribution in [0.15, 0.2) is 30.2 Å². The molecule has 4 aromatic rings. The minimum absolute atomic E-state index is 0.496. The van der Waals surface area contributed by atoms with Crippen LogP contribution in [0.5, 0.6) is 0 Å². The highest BCUT2D eigenvalue weighted by Crippen LogP contribution is 2.35. The molecule has 1 aliphatic rings. The minimum atomic E-state index is 0.496. The van der Waals surface area contributed by atoms with Crippen LogP contribution < -0.4 is 5.32 Å². The Hall–Kier alpha value is -2.81. The van der Waals surface area contributed by atoms with E-state index in [9.17, 15) is 0 Å². The molecule has 4 aromatic heterocycles. The van der Waals surface area contributed by atoms with Crippen LogP contribution in [0.4, 0.5) is 10.9 Å². The molecule has 8 nitrogen and oxygen atoms in total. The third kappa shape index (κ3) is 3.08. The van der Waals surface area contributed by atoms with Gasteiger partial charge in [-0.3, -0.25) is 4.68 Å². The number of aromatic nitrogens is 7. The molecular formula is C18H20N8S. The SMILES string of the molecule is Cn1cc(-c2cnn3c(Nc4nncs4)cc(C4CCCCC4)nc23)cn1. The number of rotatable bonds is 4. The van der Waals surface area contributed by atoms with E-state index >= 15 is 0 Å². The lowest BCUT2D eigenvalue weighted by Gasteiger charge is -2.22. The molecule has 0 unspecified atom stereocenters. The molecule has 1 fully saturated rings. The van der Waals surface area contributed by atoms with Crippen LogP contribution >= 0.6 is 11.3 Å². The van der Waals surface area contributed by atoms with Crippen molar-refractivity contribution in [3.63, 3.8) is 0 Å². The summed E-state index contributed by atoms with van der Waals surface area (Å²) in [4.78, 5) is 5.03. The Morgan fingerprint density at radius 1 is 1.15 bits per heavy atom. The third-order valence-electron chi connectivity index (χ3n) is 5.13. The molecule has 0 radical (unpaired) electrons. The first-order chi connectivity index (χ1) is 13.3. The molecule has 1 saturated carbocycles. The molecule has 0 bridgehead atoms. The average molecular weight is 380 g/mol. The molecule has 0 amide bonds. The van der Waals surface area contributed by atoms with Crippen molar-refractivity contribution in [2.24, 2.45) is 7.05 Å². The topological polar surface area (TPSA) is 85.8 Å². The van der Waals surface area contributed by atoms with Crippen molar-refractivity contribution in [3.8, 4) is 11.1 Å². The Balaban J connectivity index is 1.65. The predicted octanol–water partition coefficient (Wildman–Crippen LogP) is 3.77. The van der Waals surface area contributed by atoms with Gasteiger partial charge in [-0.2, -0.15) is 14.7 Å². The van der Waals surface area contributed by atoms with E-state index in [-0.39, 0.29) is 0 Å². The zero-order valence-electron chi connectivity index (χ0n) is 15.0. The lowest BCUT2D eigenvalue weighted by Crippen LogP contribution is -2.10. The maximum absolute atomic E-state index is 5.03. The van der Waals surface area contributed by atoms with Gasteiger partial charge in [-0.25, -0.2) is 4.98 Å². The molecule has 0 spiro atoms. The maximum Gasteiger partial charge on any atom is 0.210 e. The highest BCUT2D eigenvalue weighted by Gasteiger charge is 2.21. The van der Waals surface area contributed by atoms with Gasteiger partial charge in [0.25, 0.3) is 0 Å². The van der Waals surface area contributed by atoms with Gasteiger partial charge in [0.1, 0.15) is 11.3 Å². The molecule has 0 saturated heterocycles. The normalized spacial score (nSPS) is 15.4. The summed E-state index contributed by atoms with van der Waals surface area (Å²) in [5.74, 6) is 1.36. The quantitative estimate of drug-likeness (QED) is 0.580. The molecule has 0 atom stereocenters. The number of anilines is 2. The molecule has 5 rings (SSSR count). The second-order valence-electron chi connectivity index (χ2n) is 6.97. The second-order valence-corrected chi connectivity index (χ2v) is 7.80. The lowest BCUT2D eigenvalue weighted by molar-refractivity contribution is 0.437. The Labute approximate surface area is 160 Å². The van der Waals surface area contributed by atoms with Crippen molar-refractivity contribution in [1.29, 1.82) is 0 Å². The molecule has 27 heavy (non-hydrogen) atoms. The van der Waals surface area contributed by atoms with E-state index in [2.05, 4.69) is 31.8 Å². The summed E-state index contributed by atoms with van der Waals surface area (Å²) in [6.45, 7) is 0. The number of aryl methyl sites for hydroxylation is 1. The summed E-state index contributed by atoms with van der Waals surface area (Å²) in [7, 11) is 1.92. The van der Waals surface area contributed by atoms with Gasteiger partial charge in [-0.05, 0) is 12.8 Å². The Morgan fingerprint density at radius 3 is 2.78 bits per heavy atom. The van der Waals surface area contributed by atoms with E-state index in [1.54, 1.807) is 10.2 Å². The Bertz CT molecular complexity index is 1060. The molecular weight excluding hydrogens is 360 g/mol. The van der Waals surface area contributed by atoms with Gasteiger partial charge in [0.05, 0.1) is 12.4 Å². The van der Waals surface area contributed by atoms with Gasteiger partial charge in [0.2, 0.25) is 5.13 Å². The van der Waals surface area contributed by atoms with E-state index in [1.165, 1.54) is 43.4 Å². The number of nitrogens with one attached hydrogen (secondary N) is 1. The van der Waals surface area contributed by atoms with Gasteiger partial charge in [0, 0.05) is 42.0 Å². The van der Waals surface area contributed by atoms with Crippen LogP contribution in [0.25, 0.3) is 16.8 Å². The monoisotopic (exact) mass is 380 g/mol. The Kier molecular flexibility index (Phi) is 4.08. The van der Waals surface area contributed by atoms with Crippen LogP contribution in [0, 0.1) is 0 Å². The van der Waals surface area contributed by atoms with Crippen molar-refractivity contribution in [1.82, 2.24) is 34.6 Å². The predicted molar refractivity (Wildman–Crippen MR) is 104 cm³/mol. The summed E-state index contributed by atoms with van der Waals surface area (Å²) in [6.07, 6.45) is 11.9. The fourth-order valence-electron chi connectivity index (χ4n) is 3.78. The molecule has 0 aliphatic heterocycles. The van der Waals surface area contributed by atoms with Crippen molar-refractivity contribution < 1.29 is 0 Å². The van der Waals surface area contributed by atoms with Crippen LogP contribution in [0.1, 0.15) is 43.7 Å². The standard InChI is InChI=1S/C18H20N8S/c1-25-10-13(8-20-25)14-9-21-26-16(23-18-24-19-11-27-18)7-15(22-17(14)26)12-5-3-2-4-6-12/h7-12H,2-6H2,1H3,(H,23,24). The van der Waals surface area contributed by atoms with Crippen LogP contribution in [-0.4, -0.2) is 34.6 Å². The zero-order chi connectivity index (χ0) is 18.2. The maximum atomic E-state index is 5.03. The largest absolute Gasteiger partial charge is 0.315 e. The van der Waals surface area contributed by atoms with E-state index in [0.29, 0.717) is 5.92 Å². The highest BCUT2D eigenvalue weighted by atomic mass is 32.1. The first kappa shape index (κ1) is 16.4. The molecule has 4 heterocycles. The van der Waals surface area contributed by atoms with E-state index in [0.717, 1.165) is 33.4 Å². The summed E-state index contributed by atoms with van der Waals surface area (Å²) in [5.41, 5.74) is 5.69. The number of hydrogen-bond acceptors (Lipinski definition) is 7. The van der Waals surface area contributed by atoms with E-state index in [4.69, 9.17) is 4.98 Å². The van der Waals surface area contributed by atoms with Crippen LogP contribution in [0.3, 0.4) is 0 Å². The van der Waals surface area contributed by atoms with Gasteiger partial charge < -0.3 is 5.32 Å². The van der Waals surface area contributed by atoms with Crippen molar-refractivity contribution in [3.05, 3.63) is 35.9 Å². The van der Waals surface area contributed by atoms with Gasteiger partial charge in [-0.15, -0.1) is 10.2 Å². The average Bonchev–Trinajstić information content (AvgIpc) is 3.43. The number of fused-ring (bicyclic) bond motifs is 1. The van der Waals surface area contributed by atoms with E-state index < -0.39 is 0 Å². The van der Waals surface area contributed by atoms with E-state index in [1.807, 2.05) is 30.2 Å². The molecule has 1 N–H and O–H groups in total. The van der Waals surface area contributed by atoms with Gasteiger partial charge in [0.15, 0.2) is 5.65 Å². The van der Waals surface area contributed by atoms with Crippen molar-refractivity contribution in [2.75, 3.05) is 5.32 Å². The second kappa shape index (κ2) is 6.73. The summed E-state index contributed by atoms with van der Waals surface area (Å²) >= 11 is 1.47. The fourth-order valence-corrected chi connectivity index (χ4v) is 4.23. The van der Waals surface area contributed by atoms with Gasteiger partial charge >= 0.3 is 0 Å². The van der Waals surface area contributed by atoms with Crippen LogP contribution in [0.2, 0.25) is 0 Å². The molecule has 1 aliphatic carbocycles. The smallest absolute Gasteiger partial charge is 0.210 e. The zero-order valence-corrected chi connectivity index (χ0v) is 15.9. The third-order valence-corrected chi connectivity index (χ3v) is 5.73. The summed E-state index contributed by atoms with van der Waals surface area (Å²) in [6, 6.07) is 2.12. The minimum Gasteiger partial charge on any atom is -0.315 e. The first-order valence-electron chi connectivity index (χ1n) is 9.19. The fraction of sp³-hybridized carbons (Fsp3) is 0.389. The first-order valence-corrected chi connectivity index (χ1v) is 10.1. The highest BCUT2D eigenvalue weighted by molar-refractivity contribution is 7.13. The Morgan fingerprint density at radius 2 is 2.04 bits per heavy atom. The lowest BCUT2D eigenvalue weighted by atomic mass is 9.87. The van der Waals surface area contributed by atoms with Crippen LogP contribution in [-0.2, 0) is 7.05 Å². The van der Waals surface area contributed by atoms with Crippen molar-refractivity contribution >= 4 is 27.9 Å². The number of hydrogen-bond donors (Lipinski definition) is 1. The molecule has 9 heteroatoms. The summed E-state index contributed by atoms with van der Waals surface area (Å²) < 4.78 is 3.64. The number of nitrogens with zero attached hydrogens (tertiary/aromatic N) is 7. The molecule has 138 valence electrons.